The topological polar surface area (TPSA) is 55.1 Å². The molecule has 18 heavy (non-hydrogen) atoms. The van der Waals surface area contributed by atoms with Gasteiger partial charge in [0.15, 0.2) is 0 Å². The Bertz CT molecular complexity index is 440. The fraction of sp³-hybridized carbons (Fsp3) is 0.417. The van der Waals surface area contributed by atoms with Crippen LogP contribution in [-0.2, 0) is 4.79 Å². The van der Waals surface area contributed by atoms with Crippen LogP contribution in [0.3, 0.4) is 0 Å². The summed E-state index contributed by atoms with van der Waals surface area (Å²) in [7, 11) is 0. The second kappa shape index (κ2) is 6.66. The molecule has 2 atom stereocenters. The Hall–Kier alpha value is -0.420. The van der Waals surface area contributed by atoms with Crippen LogP contribution in [0.15, 0.2) is 23.1 Å². The number of thioether (sulfide) groups is 1. The summed E-state index contributed by atoms with van der Waals surface area (Å²) >= 11 is 7.79. The predicted molar refractivity (Wildman–Crippen MR) is 78.6 cm³/mol. The highest BCUT2D eigenvalue weighted by atomic mass is 35.5. The van der Waals surface area contributed by atoms with Crippen LogP contribution >= 0.6 is 35.8 Å². The molecule has 0 saturated heterocycles. The van der Waals surface area contributed by atoms with E-state index in [0.29, 0.717) is 5.02 Å². The molecule has 6 heteroatoms. The Labute approximate surface area is 122 Å². The van der Waals surface area contributed by atoms with Gasteiger partial charge in [0, 0.05) is 15.7 Å². The number of fused-ring (bicyclic) bond motifs is 1. The molecule has 0 bridgehead atoms. The summed E-state index contributed by atoms with van der Waals surface area (Å²) in [6, 6.07) is 5.36. The molecule has 1 unspecified atom stereocenters. The largest absolute Gasteiger partial charge is 0.348 e. The summed E-state index contributed by atoms with van der Waals surface area (Å²) in [5, 5.41) is 3.67. The summed E-state index contributed by atoms with van der Waals surface area (Å²) in [5.74, 6) is 0.881. The lowest BCUT2D eigenvalue weighted by molar-refractivity contribution is -0.122. The van der Waals surface area contributed by atoms with Crippen molar-refractivity contribution in [2.45, 2.75) is 30.3 Å². The maximum absolute atomic E-state index is 11.6. The number of hydrogen-bond donors (Lipinski definition) is 2. The molecule has 2 rings (SSSR count). The number of nitrogens with one attached hydrogen (secondary N) is 1. The zero-order chi connectivity index (χ0) is 12.4. The molecular formula is C12H16Cl2N2OS. The number of carbonyl (C=O) groups excluding carboxylic acids is 1. The Morgan fingerprint density at radius 1 is 1.61 bits per heavy atom. The van der Waals surface area contributed by atoms with E-state index in [0.717, 1.165) is 17.7 Å². The molecule has 0 spiro atoms. The van der Waals surface area contributed by atoms with Crippen LogP contribution in [0.2, 0.25) is 5.02 Å². The van der Waals surface area contributed by atoms with Crippen molar-refractivity contribution >= 4 is 41.7 Å². The number of nitrogens with two attached hydrogens (primary N) is 1. The van der Waals surface area contributed by atoms with Gasteiger partial charge in [0.25, 0.3) is 0 Å². The predicted octanol–water partition coefficient (Wildman–Crippen LogP) is 2.76. The highest BCUT2D eigenvalue weighted by Gasteiger charge is 2.23. The van der Waals surface area contributed by atoms with Gasteiger partial charge in [-0.2, -0.15) is 0 Å². The van der Waals surface area contributed by atoms with E-state index in [4.69, 9.17) is 17.3 Å². The molecular weight excluding hydrogens is 291 g/mol. The smallest absolute Gasteiger partial charge is 0.237 e. The summed E-state index contributed by atoms with van der Waals surface area (Å²) in [5.41, 5.74) is 6.66. The van der Waals surface area contributed by atoms with Crippen molar-refractivity contribution in [2.75, 3.05) is 5.75 Å². The van der Waals surface area contributed by atoms with E-state index in [9.17, 15) is 4.79 Å². The fourth-order valence-electron chi connectivity index (χ4n) is 1.82. The van der Waals surface area contributed by atoms with Crippen LogP contribution in [-0.4, -0.2) is 17.7 Å². The Kier molecular flexibility index (Phi) is 5.79. The van der Waals surface area contributed by atoms with Gasteiger partial charge in [-0.25, -0.2) is 0 Å². The molecule has 100 valence electrons. The van der Waals surface area contributed by atoms with Gasteiger partial charge < -0.3 is 11.1 Å². The second-order valence-corrected chi connectivity index (χ2v) is 5.74. The molecule has 3 N–H and O–H groups in total. The first-order chi connectivity index (χ1) is 8.08. The van der Waals surface area contributed by atoms with Crippen LogP contribution in [0.25, 0.3) is 0 Å². The third-order valence-electron chi connectivity index (χ3n) is 2.74. The third-order valence-corrected chi connectivity index (χ3v) is 4.10. The monoisotopic (exact) mass is 306 g/mol. The minimum atomic E-state index is -0.479. The van der Waals surface area contributed by atoms with Crippen molar-refractivity contribution in [3.63, 3.8) is 0 Å². The van der Waals surface area contributed by atoms with Crippen LogP contribution in [0, 0.1) is 0 Å². The van der Waals surface area contributed by atoms with E-state index >= 15 is 0 Å². The molecule has 3 nitrogen and oxygen atoms in total. The second-order valence-electron chi connectivity index (χ2n) is 4.17. The maximum Gasteiger partial charge on any atom is 0.237 e. The van der Waals surface area contributed by atoms with E-state index in [1.165, 1.54) is 4.90 Å². The third kappa shape index (κ3) is 3.54. The van der Waals surface area contributed by atoms with Crippen LogP contribution < -0.4 is 11.1 Å². The van der Waals surface area contributed by atoms with Gasteiger partial charge in [0.05, 0.1) is 12.1 Å². The Morgan fingerprint density at radius 3 is 3.00 bits per heavy atom. The minimum absolute atomic E-state index is 0. The normalized spacial score (nSPS) is 19.4. The summed E-state index contributed by atoms with van der Waals surface area (Å²) in [4.78, 5) is 12.8. The van der Waals surface area contributed by atoms with Crippen LogP contribution in [0.4, 0.5) is 0 Å². The molecule has 1 aliphatic heterocycles. The average molecular weight is 307 g/mol. The first-order valence-corrected chi connectivity index (χ1v) is 6.92. The van der Waals surface area contributed by atoms with Gasteiger partial charge in [-0.3, -0.25) is 4.79 Å². The van der Waals surface area contributed by atoms with E-state index in [1.807, 2.05) is 18.2 Å². The fourth-order valence-corrected chi connectivity index (χ4v) is 3.10. The Balaban J connectivity index is 0.00000162. The van der Waals surface area contributed by atoms with Crippen molar-refractivity contribution in [2.24, 2.45) is 5.73 Å². The molecule has 1 amide bonds. The van der Waals surface area contributed by atoms with Gasteiger partial charge in [-0.05, 0) is 37.1 Å². The molecule has 0 aromatic heterocycles. The van der Waals surface area contributed by atoms with Crippen molar-refractivity contribution < 1.29 is 4.79 Å². The van der Waals surface area contributed by atoms with Gasteiger partial charge >= 0.3 is 0 Å². The molecule has 0 fully saturated rings. The lowest BCUT2D eigenvalue weighted by atomic mass is 10.0. The molecule has 1 aliphatic rings. The van der Waals surface area contributed by atoms with E-state index in [1.54, 1.807) is 18.7 Å². The molecule has 1 aromatic carbocycles. The van der Waals surface area contributed by atoms with Crippen LogP contribution in [0.5, 0.6) is 0 Å². The van der Waals surface area contributed by atoms with Gasteiger partial charge in [-0.1, -0.05) is 11.6 Å². The van der Waals surface area contributed by atoms with Gasteiger partial charge in [-0.15, -0.1) is 24.2 Å². The standard InChI is InChI=1S/C12H15ClN2OS.ClH/c1-7(14)12(16)15-10-4-5-17-11-3-2-8(13)6-9(10)11;/h2-3,6-7,10H,4-5,14H2,1H3,(H,15,16);1H/t7-,10?;/m1./s1. The molecule has 0 aliphatic carbocycles. The summed E-state index contributed by atoms with van der Waals surface area (Å²) in [6.45, 7) is 1.69. The van der Waals surface area contributed by atoms with E-state index < -0.39 is 6.04 Å². The lowest BCUT2D eigenvalue weighted by Crippen LogP contribution is -2.41. The van der Waals surface area contributed by atoms with Crippen molar-refractivity contribution in [3.8, 4) is 0 Å². The first kappa shape index (κ1) is 15.6. The summed E-state index contributed by atoms with van der Waals surface area (Å²) in [6.07, 6.45) is 0.913. The van der Waals surface area contributed by atoms with Crippen molar-refractivity contribution in [1.29, 1.82) is 0 Å². The van der Waals surface area contributed by atoms with E-state index in [2.05, 4.69) is 5.32 Å². The number of carbonyl (C=O) groups is 1. The van der Waals surface area contributed by atoms with Crippen molar-refractivity contribution in [1.82, 2.24) is 5.32 Å². The van der Waals surface area contributed by atoms with Crippen molar-refractivity contribution in [3.05, 3.63) is 28.8 Å². The number of amides is 1. The highest BCUT2D eigenvalue weighted by Crippen LogP contribution is 2.37. The Morgan fingerprint density at radius 2 is 2.33 bits per heavy atom. The number of benzene rings is 1. The molecule has 0 saturated carbocycles. The SMILES string of the molecule is C[C@@H](N)C(=O)NC1CCSc2ccc(Cl)cc21.Cl. The highest BCUT2D eigenvalue weighted by molar-refractivity contribution is 7.99. The first-order valence-electron chi connectivity index (χ1n) is 5.56. The number of hydrogen-bond acceptors (Lipinski definition) is 3. The summed E-state index contributed by atoms with van der Waals surface area (Å²) < 4.78 is 0. The average Bonchev–Trinajstić information content (AvgIpc) is 2.29. The lowest BCUT2D eigenvalue weighted by Gasteiger charge is -2.26. The molecule has 1 heterocycles. The number of rotatable bonds is 2. The number of halogens is 2. The zero-order valence-corrected chi connectivity index (χ0v) is 12.4. The van der Waals surface area contributed by atoms with E-state index in [-0.39, 0.29) is 24.4 Å². The maximum atomic E-state index is 11.6. The molecule has 1 aromatic rings. The van der Waals surface area contributed by atoms with Gasteiger partial charge in [0.1, 0.15) is 0 Å². The molecule has 0 radical (unpaired) electrons. The van der Waals surface area contributed by atoms with Crippen LogP contribution in [0.1, 0.15) is 24.9 Å². The minimum Gasteiger partial charge on any atom is -0.348 e. The quantitative estimate of drug-likeness (QED) is 0.883. The zero-order valence-electron chi connectivity index (χ0n) is 9.98. The van der Waals surface area contributed by atoms with Gasteiger partial charge in [0.2, 0.25) is 5.91 Å².